The fourth-order valence-electron chi connectivity index (χ4n) is 2.66. The molecule has 0 spiro atoms. The lowest BCUT2D eigenvalue weighted by Crippen LogP contribution is -2.55. The summed E-state index contributed by atoms with van der Waals surface area (Å²) in [4.78, 5) is 47.6. The molecular weight excluding hydrogens is 486 g/mol. The molecule has 1 aliphatic heterocycles. The van der Waals surface area contributed by atoms with Crippen molar-refractivity contribution in [2.45, 2.75) is 29.2 Å². The van der Waals surface area contributed by atoms with Gasteiger partial charge in [0.1, 0.15) is 29.0 Å². The molecule has 32 heavy (non-hydrogen) atoms. The Morgan fingerprint density at radius 1 is 1.38 bits per heavy atom. The number of carboxylic acids is 2. The predicted octanol–water partition coefficient (Wildman–Crippen LogP) is -0.410. The van der Waals surface area contributed by atoms with Crippen LogP contribution >= 0.6 is 34.9 Å². The highest BCUT2D eigenvalue weighted by Crippen LogP contribution is 2.36. The molecule has 15 nitrogen and oxygen atoms in total. The van der Waals surface area contributed by atoms with Crippen LogP contribution in [0.5, 0.6) is 0 Å². The van der Waals surface area contributed by atoms with E-state index in [0.717, 1.165) is 21.5 Å². The number of carbonyl (C=O) groups is 3. The minimum atomic E-state index is -1.63. The van der Waals surface area contributed by atoms with Crippen LogP contribution in [0.15, 0.2) is 27.2 Å². The number of aromatic nitrogens is 6. The van der Waals surface area contributed by atoms with E-state index in [4.69, 9.17) is 0 Å². The van der Waals surface area contributed by atoms with E-state index < -0.39 is 35.0 Å². The summed E-state index contributed by atoms with van der Waals surface area (Å²) in [6.07, 6.45) is 1.17. The molecule has 0 bridgehead atoms. The number of tetrazole rings is 1. The number of rotatable bonds is 10. The van der Waals surface area contributed by atoms with Gasteiger partial charge in [-0.3, -0.25) is 4.79 Å². The number of thioether (sulfide) groups is 2. The first-order valence-corrected chi connectivity index (χ1v) is 11.5. The molecule has 0 unspecified atom stereocenters. The zero-order valence-electron chi connectivity index (χ0n) is 16.2. The lowest BCUT2D eigenvalue weighted by Gasteiger charge is -2.35. The van der Waals surface area contributed by atoms with Gasteiger partial charge in [-0.1, -0.05) is 23.1 Å². The third-order valence-corrected chi connectivity index (χ3v) is 7.35. The number of carboxylic acid groups (broad SMARTS) is 2. The molecule has 0 aliphatic carbocycles. The normalized spacial score (nSPS) is 17.2. The Bertz CT molecular complexity index is 1040. The first-order chi connectivity index (χ1) is 15.3. The van der Waals surface area contributed by atoms with Gasteiger partial charge in [0.05, 0.1) is 5.29 Å². The zero-order valence-corrected chi connectivity index (χ0v) is 18.6. The van der Waals surface area contributed by atoms with Crippen molar-refractivity contribution in [3.8, 4) is 0 Å². The lowest BCUT2D eigenvalue weighted by atomic mass is 10.2. The molecule has 3 rings (SSSR count). The Labute approximate surface area is 191 Å². The van der Waals surface area contributed by atoms with Crippen molar-refractivity contribution in [1.82, 2.24) is 40.7 Å². The van der Waals surface area contributed by atoms with E-state index >= 15 is 0 Å². The molecule has 170 valence electrons. The number of aryl methyl sites for hydroxylation is 1. The molecule has 18 heteroatoms. The highest BCUT2D eigenvalue weighted by Gasteiger charge is 2.42. The smallest absolute Gasteiger partial charge is 0.354 e. The Hall–Kier alpha value is -3.12. The molecule has 1 amide bonds. The summed E-state index contributed by atoms with van der Waals surface area (Å²) in [5.41, 5.74) is -0.0705. The topological polar surface area (TPSA) is 206 Å². The van der Waals surface area contributed by atoms with Crippen molar-refractivity contribution < 1.29 is 24.6 Å². The maximum atomic E-state index is 12.2. The second kappa shape index (κ2) is 10.5. The molecule has 0 fully saturated rings. The van der Waals surface area contributed by atoms with Crippen LogP contribution in [0, 0.1) is 11.8 Å². The number of nitrogens with one attached hydrogen (secondary N) is 1. The second-order valence-corrected chi connectivity index (χ2v) is 9.66. The molecule has 0 radical (unpaired) electrons. The standard InChI is InChI=1S/C14H15N9O6S3/c1-6-17-18-14(32-6)31-4-7-3-30-11(23(21-29)10(7)13(27)28)9(12(25)26)16-8(24)2-22-5-15-19-20-22/h5,9,11H,2-4H2,1H3,(H,16,24)(H,25,26)(H,27,28)/t9-,11+/m0/s1. The minimum absolute atomic E-state index is 0.107. The van der Waals surface area contributed by atoms with Gasteiger partial charge in [0.2, 0.25) is 5.91 Å². The average Bonchev–Trinajstić information content (AvgIpc) is 3.41. The average molecular weight is 502 g/mol. The molecule has 3 N–H and O–H groups in total. The van der Waals surface area contributed by atoms with Crippen LogP contribution in [0.4, 0.5) is 0 Å². The monoisotopic (exact) mass is 501 g/mol. The molecule has 0 saturated carbocycles. The third kappa shape index (κ3) is 5.56. The Morgan fingerprint density at radius 2 is 2.16 bits per heavy atom. The number of carbonyl (C=O) groups excluding carboxylic acids is 1. The third-order valence-electron chi connectivity index (χ3n) is 3.97. The molecule has 2 atom stereocenters. The van der Waals surface area contributed by atoms with Crippen LogP contribution in [0.25, 0.3) is 0 Å². The molecule has 3 heterocycles. The molecule has 0 aromatic carbocycles. The van der Waals surface area contributed by atoms with Crippen LogP contribution in [-0.2, 0) is 20.9 Å². The van der Waals surface area contributed by atoms with E-state index in [1.165, 1.54) is 29.4 Å². The van der Waals surface area contributed by atoms with Crippen LogP contribution in [-0.4, -0.2) is 86.4 Å². The van der Waals surface area contributed by atoms with E-state index in [1.807, 2.05) is 0 Å². The highest BCUT2D eigenvalue weighted by molar-refractivity contribution is 8.01. The van der Waals surface area contributed by atoms with Gasteiger partial charge < -0.3 is 15.5 Å². The van der Waals surface area contributed by atoms with Gasteiger partial charge in [-0.15, -0.1) is 32.0 Å². The molecular formula is C14H15N9O6S3. The summed E-state index contributed by atoms with van der Waals surface area (Å²) in [5.74, 6) is -3.36. The lowest BCUT2D eigenvalue weighted by molar-refractivity contribution is -0.143. The zero-order chi connectivity index (χ0) is 23.3. The van der Waals surface area contributed by atoms with Crippen LogP contribution < -0.4 is 5.32 Å². The fourth-order valence-corrected chi connectivity index (χ4v) is 5.88. The summed E-state index contributed by atoms with van der Waals surface area (Å²) in [5, 5.41) is 42.5. The maximum absolute atomic E-state index is 12.2. The van der Waals surface area contributed by atoms with Crippen molar-refractivity contribution in [2.24, 2.45) is 5.29 Å². The molecule has 1 aliphatic rings. The van der Waals surface area contributed by atoms with Crippen molar-refractivity contribution in [3.05, 3.63) is 27.5 Å². The molecule has 0 saturated heterocycles. The first kappa shape index (κ1) is 23.5. The highest BCUT2D eigenvalue weighted by atomic mass is 32.2. The molecule has 2 aromatic heterocycles. The van der Waals surface area contributed by atoms with Crippen molar-refractivity contribution in [1.29, 1.82) is 0 Å². The van der Waals surface area contributed by atoms with Gasteiger partial charge in [0, 0.05) is 11.5 Å². The predicted molar refractivity (Wildman–Crippen MR) is 111 cm³/mol. The first-order valence-electron chi connectivity index (χ1n) is 8.65. The Balaban J connectivity index is 1.80. The second-order valence-electron chi connectivity index (χ2n) is 6.15. The summed E-state index contributed by atoms with van der Waals surface area (Å²) in [6.45, 7) is 1.41. The number of nitrogens with zero attached hydrogens (tertiary/aromatic N) is 8. The summed E-state index contributed by atoms with van der Waals surface area (Å²) < 4.78 is 1.70. The van der Waals surface area contributed by atoms with Crippen molar-refractivity contribution in [3.63, 3.8) is 0 Å². The number of amides is 1. The maximum Gasteiger partial charge on any atom is 0.354 e. The number of nitroso groups, excluding NO2 is 1. The van der Waals surface area contributed by atoms with Crippen molar-refractivity contribution in [2.75, 3.05) is 11.5 Å². The quantitative estimate of drug-likeness (QED) is 0.279. The summed E-state index contributed by atoms with van der Waals surface area (Å²) in [7, 11) is 0. The van der Waals surface area contributed by atoms with E-state index in [1.54, 1.807) is 6.92 Å². The van der Waals surface area contributed by atoms with E-state index in [0.29, 0.717) is 14.9 Å². The van der Waals surface area contributed by atoms with E-state index in [9.17, 15) is 29.5 Å². The molecule has 2 aromatic rings. The number of hydrogen-bond acceptors (Lipinski definition) is 13. The van der Waals surface area contributed by atoms with Crippen LogP contribution in [0.3, 0.4) is 0 Å². The van der Waals surface area contributed by atoms with Crippen molar-refractivity contribution >= 4 is 52.7 Å². The number of hydrogen-bond donors (Lipinski definition) is 3. The van der Waals surface area contributed by atoms with E-state index in [-0.39, 0.29) is 18.1 Å². The fraction of sp³-hybridized carbons (Fsp3) is 0.429. The van der Waals surface area contributed by atoms with Gasteiger partial charge in [-0.05, 0) is 22.9 Å². The number of aliphatic carboxylic acids is 2. The SMILES string of the molecule is Cc1nnc(SCC2=C(C(=O)O)N(N=O)[C@@H]([C@H](NC(=O)Cn3cnnn3)C(=O)O)SC2)s1. The van der Waals surface area contributed by atoms with E-state index in [2.05, 4.69) is 36.3 Å². The van der Waals surface area contributed by atoms with Gasteiger partial charge in [-0.25, -0.2) is 19.3 Å². The summed E-state index contributed by atoms with van der Waals surface area (Å²) in [6, 6.07) is -1.63. The Kier molecular flexibility index (Phi) is 7.70. The Morgan fingerprint density at radius 3 is 2.72 bits per heavy atom. The van der Waals surface area contributed by atoms with Crippen LogP contribution in [0.2, 0.25) is 0 Å². The van der Waals surface area contributed by atoms with Crippen LogP contribution in [0.1, 0.15) is 5.01 Å². The largest absolute Gasteiger partial charge is 0.480 e. The minimum Gasteiger partial charge on any atom is -0.480 e. The van der Waals surface area contributed by atoms with Gasteiger partial charge >= 0.3 is 11.9 Å². The summed E-state index contributed by atoms with van der Waals surface area (Å²) >= 11 is 3.55. The van der Waals surface area contributed by atoms with Gasteiger partial charge in [-0.2, -0.15) is 0 Å². The van der Waals surface area contributed by atoms with Gasteiger partial charge in [0.15, 0.2) is 10.4 Å². The van der Waals surface area contributed by atoms with Gasteiger partial charge in [0.25, 0.3) is 0 Å².